The van der Waals surface area contributed by atoms with Crippen molar-refractivity contribution in [2.45, 2.75) is 69.3 Å². The summed E-state index contributed by atoms with van der Waals surface area (Å²) < 4.78 is 0. The van der Waals surface area contributed by atoms with E-state index in [0.29, 0.717) is 22.9 Å². The molecule has 1 saturated carbocycles. The number of para-hydroxylation sites is 2. The minimum Gasteiger partial charge on any atom is -0.397 e. The minimum atomic E-state index is -0.565. The first kappa shape index (κ1) is 23.6. The number of fused-ring (bicyclic) bond motifs is 3. The minimum absolute atomic E-state index is 0.0204. The number of carbonyl (C=O) groups is 1. The Morgan fingerprint density at radius 3 is 2.60 bits per heavy atom. The number of carbonyl (C=O) groups excluding carboxylic acids is 1. The van der Waals surface area contributed by atoms with Crippen LogP contribution in [0.3, 0.4) is 0 Å². The zero-order valence-corrected chi connectivity index (χ0v) is 20.6. The maximum Gasteiger partial charge on any atom is 0.255 e. The van der Waals surface area contributed by atoms with Crippen molar-refractivity contribution in [3.8, 4) is 0 Å². The Bertz CT molecular complexity index is 1210. The van der Waals surface area contributed by atoms with Gasteiger partial charge in [-0.1, -0.05) is 55.5 Å². The van der Waals surface area contributed by atoms with Gasteiger partial charge in [0.1, 0.15) is 0 Å². The number of aryl methyl sites for hydroxylation is 1. The average molecular weight is 469 g/mol. The average Bonchev–Trinajstić information content (AvgIpc) is 3.02. The fourth-order valence-electron chi connectivity index (χ4n) is 6.53. The van der Waals surface area contributed by atoms with Gasteiger partial charge in [0.05, 0.1) is 17.0 Å². The molecule has 0 heterocycles. The number of rotatable bonds is 5. The van der Waals surface area contributed by atoms with E-state index in [1.165, 1.54) is 16.7 Å². The van der Waals surface area contributed by atoms with E-state index in [2.05, 4.69) is 54.7 Å². The normalized spacial score (nSPS) is 25.7. The van der Waals surface area contributed by atoms with Gasteiger partial charge in [0, 0.05) is 11.0 Å². The van der Waals surface area contributed by atoms with Crippen LogP contribution in [-0.4, -0.2) is 16.6 Å². The topological polar surface area (TPSA) is 75.3 Å². The van der Waals surface area contributed by atoms with Crippen molar-refractivity contribution in [1.82, 2.24) is 0 Å². The summed E-state index contributed by atoms with van der Waals surface area (Å²) in [7, 11) is 0. The molecule has 1 fully saturated rings. The molecule has 2 aliphatic rings. The molecule has 0 saturated heterocycles. The van der Waals surface area contributed by atoms with Crippen LogP contribution in [0.4, 0.5) is 11.4 Å². The molecule has 3 atom stereocenters. The van der Waals surface area contributed by atoms with Crippen LogP contribution in [0, 0.1) is 5.92 Å². The molecule has 5 rings (SSSR count). The van der Waals surface area contributed by atoms with Crippen molar-refractivity contribution < 1.29 is 9.90 Å². The third kappa shape index (κ3) is 4.60. The Hall–Kier alpha value is -3.11. The van der Waals surface area contributed by atoms with Gasteiger partial charge < -0.3 is 16.2 Å². The molecule has 0 spiro atoms. The second-order valence-corrected chi connectivity index (χ2v) is 10.6. The number of nitrogen functional groups attached to an aromatic ring is 1. The molecule has 0 radical (unpaired) electrons. The number of nitrogens with two attached hydrogens (primary N) is 1. The fourth-order valence-corrected chi connectivity index (χ4v) is 6.53. The van der Waals surface area contributed by atoms with Crippen LogP contribution >= 0.6 is 0 Å². The van der Waals surface area contributed by atoms with Crippen LogP contribution in [0.1, 0.15) is 72.5 Å². The van der Waals surface area contributed by atoms with Gasteiger partial charge in [-0.2, -0.15) is 0 Å². The molecule has 0 aromatic heterocycles. The van der Waals surface area contributed by atoms with E-state index in [1.54, 1.807) is 6.07 Å². The Balaban J connectivity index is 1.52. The number of nitrogens with one attached hydrogen (secondary N) is 1. The first-order chi connectivity index (χ1) is 16.9. The van der Waals surface area contributed by atoms with E-state index in [4.69, 9.17) is 5.73 Å². The molecule has 0 aliphatic heterocycles. The van der Waals surface area contributed by atoms with Crippen molar-refractivity contribution in [1.29, 1.82) is 0 Å². The Kier molecular flexibility index (Phi) is 6.41. The number of hydrogen-bond donors (Lipinski definition) is 3. The summed E-state index contributed by atoms with van der Waals surface area (Å²) in [5.41, 5.74) is 11.3. The predicted octanol–water partition coefficient (Wildman–Crippen LogP) is 6.28. The SMILES string of the molecule is CCC1(O)CCC2(Cc3ccccc3)c3ccc(C(=O)Nc4ccccc4N)cc3CCCC2C1. The number of amides is 1. The van der Waals surface area contributed by atoms with Crippen LogP contribution in [0.15, 0.2) is 72.8 Å². The molecule has 3 unspecified atom stereocenters. The lowest BCUT2D eigenvalue weighted by Crippen LogP contribution is -2.48. The Morgan fingerprint density at radius 1 is 1.06 bits per heavy atom. The first-order valence-electron chi connectivity index (χ1n) is 13.0. The van der Waals surface area contributed by atoms with Crippen molar-refractivity contribution in [3.63, 3.8) is 0 Å². The number of benzene rings is 3. The van der Waals surface area contributed by atoms with Crippen molar-refractivity contribution >= 4 is 17.3 Å². The summed E-state index contributed by atoms with van der Waals surface area (Å²) in [5.74, 6) is 0.291. The van der Waals surface area contributed by atoms with E-state index >= 15 is 0 Å². The third-order valence-electron chi connectivity index (χ3n) is 8.58. The standard InChI is InChI=1S/C31H36N2O2/c1-2-30(35)17-18-31(20-22-9-4-3-5-10-22)25(21-30)12-8-11-23-19-24(15-16-26(23)31)29(34)33-28-14-7-6-13-27(28)32/h3-7,9-10,13-16,19,25,35H,2,8,11-12,17-18,20-21,32H2,1H3,(H,33,34). The molecule has 3 aromatic rings. The van der Waals surface area contributed by atoms with Gasteiger partial charge in [-0.05, 0) is 98.2 Å². The van der Waals surface area contributed by atoms with Crippen LogP contribution < -0.4 is 11.1 Å². The third-order valence-corrected chi connectivity index (χ3v) is 8.58. The van der Waals surface area contributed by atoms with Gasteiger partial charge in [-0.25, -0.2) is 0 Å². The lowest BCUT2D eigenvalue weighted by Gasteiger charge is -2.50. The summed E-state index contributed by atoms with van der Waals surface area (Å²) in [5, 5.41) is 14.2. The van der Waals surface area contributed by atoms with E-state index < -0.39 is 5.60 Å². The number of anilines is 2. The van der Waals surface area contributed by atoms with Crippen LogP contribution in [0.25, 0.3) is 0 Å². The largest absolute Gasteiger partial charge is 0.397 e. The second kappa shape index (κ2) is 9.50. The lowest BCUT2D eigenvalue weighted by molar-refractivity contribution is -0.0497. The Labute approximate surface area is 208 Å². The smallest absolute Gasteiger partial charge is 0.255 e. The highest BCUT2D eigenvalue weighted by Crippen LogP contribution is 2.54. The molecule has 2 aliphatic carbocycles. The molecule has 1 amide bonds. The van der Waals surface area contributed by atoms with Gasteiger partial charge in [0.2, 0.25) is 0 Å². The molecule has 4 nitrogen and oxygen atoms in total. The maximum atomic E-state index is 13.1. The Morgan fingerprint density at radius 2 is 1.83 bits per heavy atom. The molecule has 35 heavy (non-hydrogen) atoms. The predicted molar refractivity (Wildman–Crippen MR) is 143 cm³/mol. The summed E-state index contributed by atoms with van der Waals surface area (Å²) in [4.78, 5) is 13.1. The van der Waals surface area contributed by atoms with Crippen LogP contribution in [0.5, 0.6) is 0 Å². The van der Waals surface area contributed by atoms with Crippen molar-refractivity contribution in [3.05, 3.63) is 95.1 Å². The van der Waals surface area contributed by atoms with Gasteiger partial charge in [0.25, 0.3) is 5.91 Å². The van der Waals surface area contributed by atoms with E-state index in [0.717, 1.165) is 51.4 Å². The van der Waals surface area contributed by atoms with Gasteiger partial charge >= 0.3 is 0 Å². The van der Waals surface area contributed by atoms with E-state index in [-0.39, 0.29) is 11.3 Å². The zero-order valence-electron chi connectivity index (χ0n) is 20.6. The van der Waals surface area contributed by atoms with Crippen LogP contribution in [-0.2, 0) is 18.3 Å². The molecule has 0 bridgehead atoms. The van der Waals surface area contributed by atoms with Gasteiger partial charge in [-0.15, -0.1) is 0 Å². The quantitative estimate of drug-likeness (QED) is 0.386. The monoisotopic (exact) mass is 468 g/mol. The highest BCUT2D eigenvalue weighted by atomic mass is 16.3. The van der Waals surface area contributed by atoms with Crippen LogP contribution in [0.2, 0.25) is 0 Å². The summed E-state index contributed by atoms with van der Waals surface area (Å²) >= 11 is 0. The van der Waals surface area contributed by atoms with Gasteiger partial charge in [-0.3, -0.25) is 4.79 Å². The fraction of sp³-hybridized carbons (Fsp3) is 0.387. The molecule has 3 aromatic carbocycles. The number of hydrogen-bond acceptors (Lipinski definition) is 3. The lowest BCUT2D eigenvalue weighted by atomic mass is 9.55. The van der Waals surface area contributed by atoms with Crippen molar-refractivity contribution in [2.75, 3.05) is 11.1 Å². The molecule has 4 N–H and O–H groups in total. The summed E-state index contributed by atoms with van der Waals surface area (Å²) in [6.45, 7) is 2.11. The first-order valence-corrected chi connectivity index (χ1v) is 13.0. The van der Waals surface area contributed by atoms with E-state index in [9.17, 15) is 9.90 Å². The van der Waals surface area contributed by atoms with E-state index in [1.807, 2.05) is 24.3 Å². The van der Waals surface area contributed by atoms with Gasteiger partial charge in [0.15, 0.2) is 0 Å². The highest BCUT2D eigenvalue weighted by molar-refractivity contribution is 6.05. The molecule has 182 valence electrons. The molecular weight excluding hydrogens is 432 g/mol. The second-order valence-electron chi connectivity index (χ2n) is 10.6. The zero-order chi connectivity index (χ0) is 24.5. The molecular formula is C31H36N2O2. The molecule has 4 heteroatoms. The van der Waals surface area contributed by atoms with Crippen molar-refractivity contribution in [2.24, 2.45) is 5.92 Å². The highest BCUT2D eigenvalue weighted by Gasteiger charge is 2.50. The summed E-state index contributed by atoms with van der Waals surface area (Å²) in [6.07, 6.45) is 7.55. The maximum absolute atomic E-state index is 13.1. The number of aliphatic hydroxyl groups is 1. The summed E-state index contributed by atoms with van der Waals surface area (Å²) in [6, 6.07) is 24.4.